The van der Waals surface area contributed by atoms with Crippen molar-refractivity contribution in [2.24, 2.45) is 0 Å². The normalized spacial score (nSPS) is 10.7. The Morgan fingerprint density at radius 2 is 1.79 bits per heavy atom. The number of carbonyl (C=O) groups excluding carboxylic acids is 1. The smallest absolute Gasteiger partial charge is 0.270 e. The standard InChI is InChI=1S/C23H17ClN4O4S/c24-19-11-4-5-12-21(19)32-14-22-25-26-23(27(22)17-8-2-1-3-9-17)33-15-20(29)16-7-6-10-18(13-16)28(30)31/h1-13H,14-15H2. The van der Waals surface area contributed by atoms with E-state index in [0.29, 0.717) is 21.8 Å². The SMILES string of the molecule is O=C(CSc1nnc(COc2ccccc2Cl)n1-c1ccccc1)c1cccc([N+](=O)[O-])c1. The van der Waals surface area contributed by atoms with Gasteiger partial charge in [-0.1, -0.05) is 65.8 Å². The molecule has 8 nitrogen and oxygen atoms in total. The third kappa shape index (κ3) is 5.39. The highest BCUT2D eigenvalue weighted by molar-refractivity contribution is 7.99. The average Bonchev–Trinajstić information content (AvgIpc) is 3.25. The first-order valence-corrected chi connectivity index (χ1v) is 11.2. The van der Waals surface area contributed by atoms with Gasteiger partial charge in [0.15, 0.2) is 16.8 Å². The first-order valence-electron chi connectivity index (χ1n) is 9.80. The molecule has 0 atom stereocenters. The van der Waals surface area contributed by atoms with Crippen LogP contribution < -0.4 is 4.74 Å². The van der Waals surface area contributed by atoms with Crippen molar-refractivity contribution in [1.29, 1.82) is 0 Å². The highest BCUT2D eigenvalue weighted by atomic mass is 35.5. The van der Waals surface area contributed by atoms with E-state index in [1.54, 1.807) is 18.2 Å². The van der Waals surface area contributed by atoms with Crippen molar-refractivity contribution < 1.29 is 14.5 Å². The molecule has 166 valence electrons. The fourth-order valence-corrected chi connectivity index (χ4v) is 4.09. The van der Waals surface area contributed by atoms with Gasteiger partial charge in [-0.3, -0.25) is 19.5 Å². The summed E-state index contributed by atoms with van der Waals surface area (Å²) in [5, 5.41) is 20.5. The van der Waals surface area contributed by atoms with Gasteiger partial charge in [-0.2, -0.15) is 0 Å². The molecule has 0 N–H and O–H groups in total. The summed E-state index contributed by atoms with van der Waals surface area (Å²) < 4.78 is 7.64. The Labute approximate surface area is 198 Å². The van der Waals surface area contributed by atoms with Gasteiger partial charge in [0.25, 0.3) is 5.69 Å². The molecule has 0 fully saturated rings. The van der Waals surface area contributed by atoms with Crippen LogP contribution in [0.3, 0.4) is 0 Å². The molecular formula is C23H17ClN4O4S. The van der Waals surface area contributed by atoms with E-state index in [1.165, 1.54) is 30.0 Å². The largest absolute Gasteiger partial charge is 0.484 e. The monoisotopic (exact) mass is 480 g/mol. The Bertz CT molecular complexity index is 1300. The van der Waals surface area contributed by atoms with Crippen LogP contribution in [0.25, 0.3) is 5.69 Å². The van der Waals surface area contributed by atoms with Crippen molar-refractivity contribution in [3.05, 3.63) is 105 Å². The summed E-state index contributed by atoms with van der Waals surface area (Å²) in [7, 11) is 0. The second kappa shape index (κ2) is 10.3. The van der Waals surface area contributed by atoms with E-state index >= 15 is 0 Å². The number of hydrogen-bond donors (Lipinski definition) is 0. The summed E-state index contributed by atoms with van der Waals surface area (Å²) >= 11 is 7.37. The van der Waals surface area contributed by atoms with Crippen molar-refractivity contribution in [2.45, 2.75) is 11.8 Å². The zero-order valence-corrected chi connectivity index (χ0v) is 18.7. The van der Waals surface area contributed by atoms with Crippen LogP contribution in [0.5, 0.6) is 5.75 Å². The fraction of sp³-hybridized carbons (Fsp3) is 0.0870. The molecule has 1 aromatic heterocycles. The second-order valence-electron chi connectivity index (χ2n) is 6.81. The minimum Gasteiger partial charge on any atom is -0.484 e. The molecule has 0 aliphatic heterocycles. The number of nitrogens with zero attached hydrogens (tertiary/aromatic N) is 4. The number of nitro groups is 1. The molecule has 4 rings (SSSR count). The number of rotatable bonds is 9. The molecule has 0 bridgehead atoms. The van der Waals surface area contributed by atoms with Gasteiger partial charge in [0.1, 0.15) is 12.4 Å². The Morgan fingerprint density at radius 3 is 2.55 bits per heavy atom. The number of benzene rings is 3. The molecule has 10 heteroatoms. The summed E-state index contributed by atoms with van der Waals surface area (Å²) in [5.41, 5.74) is 0.951. The van der Waals surface area contributed by atoms with Gasteiger partial charge >= 0.3 is 0 Å². The second-order valence-corrected chi connectivity index (χ2v) is 8.16. The number of ketones is 1. The van der Waals surface area contributed by atoms with Gasteiger partial charge in [0.05, 0.1) is 15.7 Å². The lowest BCUT2D eigenvalue weighted by Gasteiger charge is -2.11. The highest BCUT2D eigenvalue weighted by Gasteiger charge is 2.18. The quantitative estimate of drug-likeness (QED) is 0.137. The minimum atomic E-state index is -0.527. The summed E-state index contributed by atoms with van der Waals surface area (Å²) in [6.07, 6.45) is 0. The van der Waals surface area contributed by atoms with Gasteiger partial charge in [0, 0.05) is 23.4 Å². The van der Waals surface area contributed by atoms with E-state index in [0.717, 1.165) is 5.69 Å². The Hall–Kier alpha value is -3.69. The first kappa shape index (κ1) is 22.5. The maximum atomic E-state index is 12.7. The molecular weight excluding hydrogens is 464 g/mol. The molecule has 4 aromatic rings. The molecule has 0 spiro atoms. The van der Waals surface area contributed by atoms with Crippen molar-refractivity contribution in [3.8, 4) is 11.4 Å². The molecule has 3 aromatic carbocycles. The van der Waals surface area contributed by atoms with Gasteiger partial charge < -0.3 is 4.74 Å². The Balaban J connectivity index is 1.55. The third-order valence-corrected chi connectivity index (χ3v) is 5.86. The number of Topliss-reactive ketones (excluding diaryl/α,β-unsaturated/α-hetero) is 1. The summed E-state index contributed by atoms with van der Waals surface area (Å²) in [4.78, 5) is 23.1. The maximum Gasteiger partial charge on any atom is 0.270 e. The summed E-state index contributed by atoms with van der Waals surface area (Å²) in [5.74, 6) is 0.848. The molecule has 0 aliphatic carbocycles. The van der Waals surface area contributed by atoms with E-state index in [9.17, 15) is 14.9 Å². The van der Waals surface area contributed by atoms with Gasteiger partial charge in [-0.05, 0) is 24.3 Å². The number of para-hydroxylation sites is 2. The van der Waals surface area contributed by atoms with E-state index in [-0.39, 0.29) is 29.4 Å². The number of nitro benzene ring substituents is 1. The Kier molecular flexibility index (Phi) is 7.01. The van der Waals surface area contributed by atoms with Gasteiger partial charge in [-0.25, -0.2) is 0 Å². The first-order chi connectivity index (χ1) is 16.0. The van der Waals surface area contributed by atoms with Crippen LogP contribution in [-0.2, 0) is 6.61 Å². The van der Waals surface area contributed by atoms with Crippen molar-refractivity contribution in [1.82, 2.24) is 14.8 Å². The number of halogens is 1. The van der Waals surface area contributed by atoms with E-state index < -0.39 is 4.92 Å². The molecule has 0 saturated carbocycles. The predicted molar refractivity (Wildman–Crippen MR) is 125 cm³/mol. The number of thioether (sulfide) groups is 1. The highest BCUT2D eigenvalue weighted by Crippen LogP contribution is 2.27. The zero-order valence-electron chi connectivity index (χ0n) is 17.1. The van der Waals surface area contributed by atoms with Gasteiger partial charge in [-0.15, -0.1) is 10.2 Å². The molecule has 0 radical (unpaired) electrons. The molecule has 0 unspecified atom stereocenters. The van der Waals surface area contributed by atoms with Crippen LogP contribution in [0.4, 0.5) is 5.69 Å². The molecule has 33 heavy (non-hydrogen) atoms. The van der Waals surface area contributed by atoms with E-state index in [2.05, 4.69) is 10.2 Å². The number of non-ortho nitro benzene ring substituents is 1. The van der Waals surface area contributed by atoms with Crippen LogP contribution in [0.15, 0.2) is 84.0 Å². The summed E-state index contributed by atoms with van der Waals surface area (Å²) in [6.45, 7) is 0.116. The summed E-state index contributed by atoms with van der Waals surface area (Å²) in [6, 6.07) is 22.3. The Morgan fingerprint density at radius 1 is 1.03 bits per heavy atom. The lowest BCUT2D eigenvalue weighted by molar-refractivity contribution is -0.384. The molecule has 0 saturated heterocycles. The number of carbonyl (C=O) groups is 1. The fourth-order valence-electron chi connectivity index (χ4n) is 3.03. The minimum absolute atomic E-state index is 0.0392. The molecule has 0 amide bonds. The van der Waals surface area contributed by atoms with Crippen molar-refractivity contribution in [2.75, 3.05) is 5.75 Å². The predicted octanol–water partition coefficient (Wildman–Crippen LogP) is 5.38. The number of ether oxygens (including phenoxy) is 1. The maximum absolute atomic E-state index is 12.7. The van der Waals surface area contributed by atoms with Crippen LogP contribution in [0.1, 0.15) is 16.2 Å². The lowest BCUT2D eigenvalue weighted by atomic mass is 10.1. The van der Waals surface area contributed by atoms with Crippen LogP contribution in [0, 0.1) is 10.1 Å². The van der Waals surface area contributed by atoms with Crippen LogP contribution in [0.2, 0.25) is 5.02 Å². The third-order valence-electron chi connectivity index (χ3n) is 4.62. The van der Waals surface area contributed by atoms with E-state index in [4.69, 9.17) is 16.3 Å². The van der Waals surface area contributed by atoms with E-state index in [1.807, 2.05) is 47.0 Å². The van der Waals surface area contributed by atoms with Crippen molar-refractivity contribution >= 4 is 34.8 Å². The lowest BCUT2D eigenvalue weighted by Crippen LogP contribution is -2.08. The van der Waals surface area contributed by atoms with Crippen LogP contribution in [-0.4, -0.2) is 31.2 Å². The number of aromatic nitrogens is 3. The van der Waals surface area contributed by atoms with Crippen molar-refractivity contribution in [3.63, 3.8) is 0 Å². The molecule has 0 aliphatic rings. The van der Waals surface area contributed by atoms with Crippen LogP contribution >= 0.6 is 23.4 Å². The zero-order chi connectivity index (χ0) is 23.2. The van der Waals surface area contributed by atoms with Gasteiger partial charge in [0.2, 0.25) is 0 Å². The number of hydrogen-bond acceptors (Lipinski definition) is 7. The average molecular weight is 481 g/mol. The molecule has 1 heterocycles. The topological polar surface area (TPSA) is 100 Å².